The van der Waals surface area contributed by atoms with Crippen molar-refractivity contribution in [2.45, 2.75) is 45.6 Å². The van der Waals surface area contributed by atoms with E-state index in [0.29, 0.717) is 30.9 Å². The van der Waals surface area contributed by atoms with Crippen molar-refractivity contribution in [2.75, 3.05) is 0 Å². The van der Waals surface area contributed by atoms with Crippen LogP contribution in [0.25, 0.3) is 0 Å². The molecular formula is C16H22N2O4. The van der Waals surface area contributed by atoms with Gasteiger partial charge in [0.25, 0.3) is 5.91 Å². The standard InChI is InChI=1S/C16H22N2O4/c1-9(2)6-11-7-10(8-14(19)17-11)15(20)18-13-5-3-4-12(13)16(21)22/h7-9,12-13H,3-6H2,1-2H3,(H,17,19)(H,18,20)(H,21,22)/t12-,13+/m0/s1. The number of nitrogens with one attached hydrogen (secondary N) is 2. The van der Waals surface area contributed by atoms with Crippen LogP contribution in [0.1, 0.15) is 49.2 Å². The average Bonchev–Trinajstić information content (AvgIpc) is 2.85. The van der Waals surface area contributed by atoms with E-state index in [4.69, 9.17) is 5.11 Å². The summed E-state index contributed by atoms with van der Waals surface area (Å²) in [5, 5.41) is 11.9. The lowest BCUT2D eigenvalue weighted by Gasteiger charge is -2.17. The Morgan fingerprint density at radius 2 is 2.09 bits per heavy atom. The summed E-state index contributed by atoms with van der Waals surface area (Å²) in [6, 6.07) is 2.56. The molecule has 1 saturated carbocycles. The van der Waals surface area contributed by atoms with Crippen LogP contribution in [0.4, 0.5) is 0 Å². The molecule has 6 nitrogen and oxygen atoms in total. The molecule has 1 amide bonds. The van der Waals surface area contributed by atoms with Crippen molar-refractivity contribution < 1.29 is 14.7 Å². The SMILES string of the molecule is CC(C)Cc1cc(C(=O)N[C@@H]2CCC[C@@H]2C(=O)O)cc(=O)[nH]1. The van der Waals surface area contributed by atoms with Crippen molar-refractivity contribution in [2.24, 2.45) is 11.8 Å². The molecule has 22 heavy (non-hydrogen) atoms. The van der Waals surface area contributed by atoms with E-state index in [1.165, 1.54) is 6.07 Å². The summed E-state index contributed by atoms with van der Waals surface area (Å²) < 4.78 is 0. The normalized spacial score (nSPS) is 21.0. The molecule has 0 saturated heterocycles. The molecular weight excluding hydrogens is 284 g/mol. The molecule has 120 valence electrons. The number of hydrogen-bond acceptors (Lipinski definition) is 3. The van der Waals surface area contributed by atoms with Gasteiger partial charge < -0.3 is 15.4 Å². The highest BCUT2D eigenvalue weighted by Crippen LogP contribution is 2.26. The van der Waals surface area contributed by atoms with Crippen molar-refractivity contribution in [1.82, 2.24) is 10.3 Å². The molecule has 2 rings (SSSR count). The second-order valence-corrected chi connectivity index (χ2v) is 6.31. The predicted octanol–water partition coefficient (Wildman–Crippen LogP) is 1.56. The number of hydrogen-bond donors (Lipinski definition) is 3. The van der Waals surface area contributed by atoms with Gasteiger partial charge in [-0.1, -0.05) is 20.3 Å². The van der Waals surface area contributed by atoms with Gasteiger partial charge >= 0.3 is 5.97 Å². The van der Waals surface area contributed by atoms with Crippen molar-refractivity contribution >= 4 is 11.9 Å². The van der Waals surface area contributed by atoms with E-state index in [0.717, 1.165) is 6.42 Å². The van der Waals surface area contributed by atoms with Gasteiger partial charge in [-0.25, -0.2) is 0 Å². The van der Waals surface area contributed by atoms with E-state index < -0.39 is 11.9 Å². The lowest BCUT2D eigenvalue weighted by molar-refractivity contribution is -0.142. The van der Waals surface area contributed by atoms with Crippen LogP contribution in [-0.2, 0) is 11.2 Å². The number of rotatable bonds is 5. The third kappa shape index (κ3) is 3.96. The Hall–Kier alpha value is -2.11. The summed E-state index contributed by atoms with van der Waals surface area (Å²) in [4.78, 5) is 37.9. The first-order valence-corrected chi connectivity index (χ1v) is 7.63. The van der Waals surface area contributed by atoms with Crippen molar-refractivity contribution in [3.63, 3.8) is 0 Å². The number of pyridine rings is 1. The Kier molecular flexibility index (Phi) is 5.00. The van der Waals surface area contributed by atoms with Crippen molar-refractivity contribution in [1.29, 1.82) is 0 Å². The lowest BCUT2D eigenvalue weighted by atomic mass is 10.0. The second kappa shape index (κ2) is 6.77. The maximum atomic E-state index is 12.3. The number of carbonyl (C=O) groups excluding carboxylic acids is 1. The van der Waals surface area contributed by atoms with Crippen LogP contribution in [-0.4, -0.2) is 28.0 Å². The number of aliphatic carboxylic acids is 1. The summed E-state index contributed by atoms with van der Waals surface area (Å²) >= 11 is 0. The minimum Gasteiger partial charge on any atom is -0.481 e. The van der Waals surface area contributed by atoms with Crippen LogP contribution < -0.4 is 10.9 Å². The van der Waals surface area contributed by atoms with Crippen molar-refractivity contribution in [3.8, 4) is 0 Å². The number of aromatic nitrogens is 1. The lowest BCUT2D eigenvalue weighted by Crippen LogP contribution is -2.40. The first-order valence-electron chi connectivity index (χ1n) is 7.63. The Morgan fingerprint density at radius 3 is 2.73 bits per heavy atom. The highest BCUT2D eigenvalue weighted by Gasteiger charge is 2.34. The molecule has 0 radical (unpaired) electrons. The van der Waals surface area contributed by atoms with Gasteiger partial charge in [0.15, 0.2) is 0 Å². The Morgan fingerprint density at radius 1 is 1.36 bits per heavy atom. The number of carboxylic acids is 1. The highest BCUT2D eigenvalue weighted by molar-refractivity contribution is 5.94. The number of amides is 1. The van der Waals surface area contributed by atoms with Gasteiger partial charge in [-0.15, -0.1) is 0 Å². The minimum atomic E-state index is -0.880. The van der Waals surface area contributed by atoms with Gasteiger partial charge in [-0.2, -0.15) is 0 Å². The minimum absolute atomic E-state index is 0.287. The topological polar surface area (TPSA) is 99.3 Å². The number of carboxylic acid groups (broad SMARTS) is 1. The fourth-order valence-electron chi connectivity index (χ4n) is 2.96. The quantitative estimate of drug-likeness (QED) is 0.768. The van der Waals surface area contributed by atoms with Gasteiger partial charge in [0.1, 0.15) is 0 Å². The van der Waals surface area contributed by atoms with Crippen LogP contribution in [0.2, 0.25) is 0 Å². The summed E-state index contributed by atoms with van der Waals surface area (Å²) in [5.41, 5.74) is 0.689. The van der Waals surface area contributed by atoms with Crippen LogP contribution >= 0.6 is 0 Å². The first-order chi connectivity index (χ1) is 10.4. The molecule has 0 unspecified atom stereocenters. The first kappa shape index (κ1) is 16.3. The molecule has 1 fully saturated rings. The molecule has 0 spiro atoms. The number of H-pyrrole nitrogens is 1. The van der Waals surface area contributed by atoms with Crippen LogP contribution in [0.15, 0.2) is 16.9 Å². The van der Waals surface area contributed by atoms with E-state index in [2.05, 4.69) is 10.3 Å². The maximum absolute atomic E-state index is 12.3. The third-order valence-electron chi connectivity index (χ3n) is 3.94. The summed E-state index contributed by atoms with van der Waals surface area (Å²) in [6.07, 6.45) is 2.70. The zero-order valence-corrected chi connectivity index (χ0v) is 12.9. The fraction of sp³-hybridized carbons (Fsp3) is 0.562. The molecule has 0 bridgehead atoms. The molecule has 1 aromatic rings. The molecule has 1 aliphatic carbocycles. The molecule has 0 aliphatic heterocycles. The van der Waals surface area contributed by atoms with Crippen LogP contribution in [0, 0.1) is 11.8 Å². The molecule has 1 aliphatic rings. The fourth-order valence-corrected chi connectivity index (χ4v) is 2.96. The summed E-state index contributed by atoms with van der Waals surface area (Å²) in [5.74, 6) is -1.44. The van der Waals surface area contributed by atoms with Gasteiger partial charge in [0.2, 0.25) is 5.56 Å². The largest absolute Gasteiger partial charge is 0.481 e. The highest BCUT2D eigenvalue weighted by atomic mass is 16.4. The average molecular weight is 306 g/mol. The molecule has 3 N–H and O–H groups in total. The van der Waals surface area contributed by atoms with E-state index in [9.17, 15) is 14.4 Å². The van der Waals surface area contributed by atoms with Gasteiger partial charge in [0, 0.05) is 23.4 Å². The van der Waals surface area contributed by atoms with Gasteiger partial charge in [-0.05, 0) is 31.2 Å². The van der Waals surface area contributed by atoms with Crippen LogP contribution in [0.5, 0.6) is 0 Å². The molecule has 1 aromatic heterocycles. The van der Waals surface area contributed by atoms with E-state index in [-0.39, 0.29) is 23.1 Å². The third-order valence-corrected chi connectivity index (χ3v) is 3.94. The summed E-state index contributed by atoms with van der Waals surface area (Å²) in [6.45, 7) is 4.06. The Labute approximate surface area is 128 Å². The monoisotopic (exact) mass is 306 g/mol. The Balaban J connectivity index is 2.14. The number of aromatic amines is 1. The molecule has 2 atom stereocenters. The van der Waals surface area contributed by atoms with E-state index in [1.54, 1.807) is 6.07 Å². The zero-order valence-electron chi connectivity index (χ0n) is 12.9. The number of carbonyl (C=O) groups is 2. The van der Waals surface area contributed by atoms with Gasteiger partial charge in [0.05, 0.1) is 5.92 Å². The van der Waals surface area contributed by atoms with Crippen molar-refractivity contribution in [3.05, 3.63) is 33.7 Å². The van der Waals surface area contributed by atoms with E-state index >= 15 is 0 Å². The zero-order chi connectivity index (χ0) is 16.3. The second-order valence-electron chi connectivity index (χ2n) is 6.31. The predicted molar refractivity (Wildman–Crippen MR) is 81.8 cm³/mol. The van der Waals surface area contributed by atoms with Crippen LogP contribution in [0.3, 0.4) is 0 Å². The van der Waals surface area contributed by atoms with Gasteiger partial charge in [-0.3, -0.25) is 14.4 Å². The smallest absolute Gasteiger partial charge is 0.308 e. The molecule has 6 heteroatoms. The maximum Gasteiger partial charge on any atom is 0.308 e. The molecule has 0 aromatic carbocycles. The summed E-state index contributed by atoms with van der Waals surface area (Å²) in [7, 11) is 0. The molecule has 1 heterocycles. The Bertz CT molecular complexity index is 621. The van der Waals surface area contributed by atoms with E-state index in [1.807, 2.05) is 13.8 Å².